The summed E-state index contributed by atoms with van der Waals surface area (Å²) in [5.41, 5.74) is 4.31. The lowest BCUT2D eigenvalue weighted by atomic mass is 10.1. The highest BCUT2D eigenvalue weighted by Crippen LogP contribution is 2.23. The predicted octanol–water partition coefficient (Wildman–Crippen LogP) is 3.34. The van der Waals surface area contributed by atoms with E-state index in [1.807, 2.05) is 6.07 Å². The average Bonchev–Trinajstić information content (AvgIpc) is 2.78. The van der Waals surface area contributed by atoms with Crippen LogP contribution < -0.4 is 14.9 Å². The highest BCUT2D eigenvalue weighted by atomic mass is 16.6. The standard InChI is InChI=1S/C21H18N4O5/c1-29-20-9-4-15(12-23-24-21(26)16-3-2-10-22-13-16)11-17(20)14-30-19-7-5-18(6-8-19)25(27)28/h2-13H,14H2,1H3,(H,24,26)/b23-12+. The van der Waals surface area contributed by atoms with Gasteiger partial charge < -0.3 is 9.47 Å². The molecule has 1 amide bonds. The van der Waals surface area contributed by atoms with Gasteiger partial charge in [0.05, 0.1) is 23.8 Å². The number of non-ortho nitro benzene ring substituents is 1. The Hall–Kier alpha value is -4.27. The van der Waals surface area contributed by atoms with Crippen LogP contribution >= 0.6 is 0 Å². The molecule has 3 rings (SSSR count). The summed E-state index contributed by atoms with van der Waals surface area (Å²) >= 11 is 0. The SMILES string of the molecule is COc1ccc(/C=N/NC(=O)c2cccnc2)cc1COc1ccc([N+](=O)[O-])cc1. The number of nitro groups is 1. The number of rotatable bonds is 8. The zero-order valence-electron chi connectivity index (χ0n) is 16.0. The minimum absolute atomic E-state index is 0.00790. The fourth-order valence-corrected chi connectivity index (χ4v) is 2.54. The summed E-state index contributed by atoms with van der Waals surface area (Å²) in [4.78, 5) is 26.1. The quantitative estimate of drug-likeness (QED) is 0.348. The van der Waals surface area contributed by atoms with Crippen LogP contribution in [0.5, 0.6) is 11.5 Å². The Morgan fingerprint density at radius 2 is 2.03 bits per heavy atom. The van der Waals surface area contributed by atoms with E-state index in [4.69, 9.17) is 9.47 Å². The van der Waals surface area contributed by atoms with Crippen molar-refractivity contribution in [1.29, 1.82) is 0 Å². The van der Waals surface area contributed by atoms with Crippen molar-refractivity contribution in [2.24, 2.45) is 5.10 Å². The second-order valence-electron chi connectivity index (χ2n) is 6.05. The van der Waals surface area contributed by atoms with Crippen molar-refractivity contribution in [3.05, 3.63) is 93.8 Å². The second-order valence-corrected chi connectivity index (χ2v) is 6.05. The molecule has 9 nitrogen and oxygen atoms in total. The molecular formula is C21H18N4O5. The highest BCUT2D eigenvalue weighted by molar-refractivity contribution is 5.94. The number of hydrogen-bond acceptors (Lipinski definition) is 7. The van der Waals surface area contributed by atoms with Crippen molar-refractivity contribution in [1.82, 2.24) is 10.4 Å². The maximum absolute atomic E-state index is 12.0. The third-order valence-corrected chi connectivity index (χ3v) is 4.05. The minimum Gasteiger partial charge on any atom is -0.496 e. The number of methoxy groups -OCH3 is 1. The van der Waals surface area contributed by atoms with Gasteiger partial charge >= 0.3 is 0 Å². The van der Waals surface area contributed by atoms with Crippen LogP contribution in [-0.4, -0.2) is 29.1 Å². The van der Waals surface area contributed by atoms with Gasteiger partial charge in [-0.25, -0.2) is 5.43 Å². The molecule has 0 aliphatic heterocycles. The molecule has 3 aromatic rings. The number of nitro benzene ring substituents is 1. The number of benzene rings is 2. The van der Waals surface area contributed by atoms with Gasteiger partial charge in [0.25, 0.3) is 11.6 Å². The normalized spacial score (nSPS) is 10.6. The molecule has 2 aromatic carbocycles. The van der Waals surface area contributed by atoms with E-state index in [0.717, 1.165) is 11.1 Å². The Bertz CT molecular complexity index is 1050. The summed E-state index contributed by atoms with van der Waals surface area (Å²) in [6.45, 7) is 0.185. The average molecular weight is 406 g/mol. The lowest BCUT2D eigenvalue weighted by Crippen LogP contribution is -2.17. The number of carbonyl (C=O) groups excluding carboxylic acids is 1. The van der Waals surface area contributed by atoms with Crippen LogP contribution in [0.2, 0.25) is 0 Å². The first kappa shape index (κ1) is 20.5. The van der Waals surface area contributed by atoms with Crippen LogP contribution in [0.3, 0.4) is 0 Å². The summed E-state index contributed by atoms with van der Waals surface area (Å²) in [6, 6.07) is 14.5. The van der Waals surface area contributed by atoms with E-state index < -0.39 is 4.92 Å². The molecule has 152 valence electrons. The lowest BCUT2D eigenvalue weighted by molar-refractivity contribution is -0.384. The first-order valence-corrected chi connectivity index (χ1v) is 8.84. The predicted molar refractivity (Wildman–Crippen MR) is 110 cm³/mol. The number of amides is 1. The molecule has 0 spiro atoms. The molecular weight excluding hydrogens is 388 g/mol. The highest BCUT2D eigenvalue weighted by Gasteiger charge is 2.08. The molecule has 0 saturated heterocycles. The number of pyridine rings is 1. The van der Waals surface area contributed by atoms with E-state index in [1.165, 1.54) is 36.7 Å². The molecule has 0 aliphatic carbocycles. The van der Waals surface area contributed by atoms with E-state index in [1.54, 1.807) is 37.6 Å². The van der Waals surface area contributed by atoms with Gasteiger partial charge in [-0.3, -0.25) is 19.9 Å². The van der Waals surface area contributed by atoms with Gasteiger partial charge in [0, 0.05) is 30.1 Å². The maximum Gasteiger partial charge on any atom is 0.272 e. The molecule has 30 heavy (non-hydrogen) atoms. The lowest BCUT2D eigenvalue weighted by Gasteiger charge is -2.11. The number of hydrazone groups is 1. The molecule has 9 heteroatoms. The monoisotopic (exact) mass is 406 g/mol. The Morgan fingerprint density at radius 3 is 2.70 bits per heavy atom. The molecule has 1 aromatic heterocycles. The molecule has 1 heterocycles. The number of carbonyl (C=O) groups is 1. The van der Waals surface area contributed by atoms with Crippen molar-refractivity contribution in [3.8, 4) is 11.5 Å². The Labute approximate surface area is 172 Å². The largest absolute Gasteiger partial charge is 0.496 e. The molecule has 0 aliphatic rings. The molecule has 1 N–H and O–H groups in total. The van der Waals surface area contributed by atoms with E-state index in [-0.39, 0.29) is 18.2 Å². The summed E-state index contributed by atoms with van der Waals surface area (Å²) in [5.74, 6) is 0.744. The third-order valence-electron chi connectivity index (χ3n) is 4.05. The van der Waals surface area contributed by atoms with Gasteiger partial charge in [0.1, 0.15) is 18.1 Å². The van der Waals surface area contributed by atoms with Crippen molar-refractivity contribution in [2.45, 2.75) is 6.61 Å². The van der Waals surface area contributed by atoms with Crippen LogP contribution in [0.1, 0.15) is 21.5 Å². The molecule has 0 atom stereocenters. The summed E-state index contributed by atoms with van der Waals surface area (Å²) < 4.78 is 11.1. The number of aromatic nitrogens is 1. The van der Waals surface area contributed by atoms with Crippen molar-refractivity contribution >= 4 is 17.8 Å². The maximum atomic E-state index is 12.0. The molecule has 0 fully saturated rings. The van der Waals surface area contributed by atoms with E-state index >= 15 is 0 Å². The molecule has 0 saturated carbocycles. The van der Waals surface area contributed by atoms with Gasteiger partial charge in [0.15, 0.2) is 0 Å². The minimum atomic E-state index is -0.470. The number of ether oxygens (including phenoxy) is 2. The Kier molecular flexibility index (Phi) is 6.67. The van der Waals surface area contributed by atoms with E-state index in [2.05, 4.69) is 15.5 Å². The number of nitrogens with one attached hydrogen (secondary N) is 1. The molecule has 0 radical (unpaired) electrons. The zero-order chi connectivity index (χ0) is 21.3. The van der Waals surface area contributed by atoms with Crippen LogP contribution in [0.15, 0.2) is 72.1 Å². The zero-order valence-corrected chi connectivity index (χ0v) is 16.0. The topological polar surface area (TPSA) is 116 Å². The van der Waals surface area contributed by atoms with Gasteiger partial charge in [-0.05, 0) is 48.0 Å². The number of hydrogen-bond donors (Lipinski definition) is 1. The second kappa shape index (κ2) is 9.78. The van der Waals surface area contributed by atoms with Gasteiger partial charge in [-0.2, -0.15) is 5.10 Å². The van der Waals surface area contributed by atoms with Crippen LogP contribution in [0.4, 0.5) is 5.69 Å². The van der Waals surface area contributed by atoms with Crippen molar-refractivity contribution in [2.75, 3.05) is 7.11 Å². The van der Waals surface area contributed by atoms with Crippen LogP contribution in [0, 0.1) is 10.1 Å². The van der Waals surface area contributed by atoms with Crippen molar-refractivity contribution < 1.29 is 19.2 Å². The summed E-state index contributed by atoms with van der Waals surface area (Å²) in [5, 5.41) is 14.7. The van der Waals surface area contributed by atoms with Gasteiger partial charge in [0.2, 0.25) is 0 Å². The Morgan fingerprint density at radius 1 is 1.23 bits per heavy atom. The van der Waals surface area contributed by atoms with Gasteiger partial charge in [-0.15, -0.1) is 0 Å². The molecule has 0 unspecified atom stereocenters. The van der Waals surface area contributed by atoms with Gasteiger partial charge in [-0.1, -0.05) is 0 Å². The van der Waals surface area contributed by atoms with Crippen molar-refractivity contribution in [3.63, 3.8) is 0 Å². The number of nitrogens with zero attached hydrogens (tertiary/aromatic N) is 3. The first-order chi connectivity index (χ1) is 14.6. The van der Waals surface area contributed by atoms with E-state index in [0.29, 0.717) is 17.1 Å². The smallest absolute Gasteiger partial charge is 0.272 e. The van der Waals surface area contributed by atoms with Crippen LogP contribution in [0.25, 0.3) is 0 Å². The molecule has 0 bridgehead atoms. The third kappa shape index (κ3) is 5.38. The van der Waals surface area contributed by atoms with Crippen LogP contribution in [-0.2, 0) is 6.61 Å². The first-order valence-electron chi connectivity index (χ1n) is 8.84. The fraction of sp³-hybridized carbons (Fsp3) is 0.0952. The fourth-order valence-electron chi connectivity index (χ4n) is 2.54. The summed E-state index contributed by atoms with van der Waals surface area (Å²) in [7, 11) is 1.55. The van der Waals surface area contributed by atoms with E-state index in [9.17, 15) is 14.9 Å². The summed E-state index contributed by atoms with van der Waals surface area (Å²) in [6.07, 6.45) is 4.53. The Balaban J connectivity index is 1.65.